The number of hydrogen-bond donors (Lipinski definition) is 1. The van der Waals surface area contributed by atoms with E-state index in [4.69, 9.17) is 4.74 Å². The maximum absolute atomic E-state index is 13.3. The zero-order chi connectivity index (χ0) is 24.3. The van der Waals surface area contributed by atoms with Crippen molar-refractivity contribution in [1.29, 1.82) is 0 Å². The molecular formula is C23H27N3O6S. The fraction of sp³-hybridized carbons (Fsp3) is 0.348. The molecule has 2 aromatic carbocycles. The van der Waals surface area contributed by atoms with E-state index in [0.29, 0.717) is 15.6 Å². The summed E-state index contributed by atoms with van der Waals surface area (Å²) in [6.07, 6.45) is 0. The lowest BCUT2D eigenvalue weighted by Crippen LogP contribution is -2.52. The second kappa shape index (κ2) is 9.62. The van der Waals surface area contributed by atoms with Crippen molar-refractivity contribution in [3.8, 4) is 5.75 Å². The highest BCUT2D eigenvalue weighted by molar-refractivity contribution is 7.90. The first-order valence-electron chi connectivity index (χ1n) is 10.4. The first-order valence-corrected chi connectivity index (χ1v) is 11.9. The molecule has 0 saturated carbocycles. The molecule has 0 saturated heterocycles. The predicted molar refractivity (Wildman–Crippen MR) is 121 cm³/mol. The highest BCUT2D eigenvalue weighted by Gasteiger charge is 2.43. The van der Waals surface area contributed by atoms with E-state index in [-0.39, 0.29) is 29.0 Å². The number of nitrogens with zero attached hydrogens (tertiary/aromatic N) is 2. The van der Waals surface area contributed by atoms with Gasteiger partial charge in [0.1, 0.15) is 23.2 Å². The van der Waals surface area contributed by atoms with Crippen molar-refractivity contribution in [3.63, 3.8) is 0 Å². The van der Waals surface area contributed by atoms with E-state index in [1.807, 2.05) is 0 Å². The van der Waals surface area contributed by atoms with E-state index in [1.54, 1.807) is 51.1 Å². The SMILES string of the molecule is COc1cccc(CN(C(=O)CN2C(=O)c3ccccc3S2(=O)=O)[C@H](C)C(=O)NC(C)C)c1. The van der Waals surface area contributed by atoms with Gasteiger partial charge in [0.2, 0.25) is 11.8 Å². The van der Waals surface area contributed by atoms with Crippen LogP contribution in [-0.2, 0) is 26.2 Å². The van der Waals surface area contributed by atoms with Gasteiger partial charge >= 0.3 is 0 Å². The van der Waals surface area contributed by atoms with Crippen LogP contribution in [0.2, 0.25) is 0 Å². The van der Waals surface area contributed by atoms with Crippen LogP contribution in [0.25, 0.3) is 0 Å². The molecule has 1 aliphatic rings. The monoisotopic (exact) mass is 473 g/mol. The molecule has 0 fully saturated rings. The third-order valence-electron chi connectivity index (χ3n) is 5.28. The van der Waals surface area contributed by atoms with Gasteiger partial charge in [-0.05, 0) is 50.6 Å². The third-order valence-corrected chi connectivity index (χ3v) is 7.06. The van der Waals surface area contributed by atoms with Crippen LogP contribution in [0, 0.1) is 0 Å². The molecular weight excluding hydrogens is 446 g/mol. The smallest absolute Gasteiger partial charge is 0.269 e. The summed E-state index contributed by atoms with van der Waals surface area (Å²) in [6, 6.07) is 11.7. The Hall–Kier alpha value is -3.40. The Kier molecular flexibility index (Phi) is 7.06. The number of nitrogens with one attached hydrogen (secondary N) is 1. The van der Waals surface area contributed by atoms with Crippen molar-refractivity contribution in [2.75, 3.05) is 13.7 Å². The molecule has 1 N–H and O–H groups in total. The largest absolute Gasteiger partial charge is 0.497 e. The van der Waals surface area contributed by atoms with Crippen LogP contribution in [0.1, 0.15) is 36.7 Å². The second-order valence-electron chi connectivity index (χ2n) is 8.03. The Morgan fingerprint density at radius 3 is 2.42 bits per heavy atom. The van der Waals surface area contributed by atoms with Crippen LogP contribution >= 0.6 is 0 Å². The first-order chi connectivity index (χ1) is 15.6. The van der Waals surface area contributed by atoms with Gasteiger partial charge < -0.3 is 15.0 Å². The van der Waals surface area contributed by atoms with Crippen LogP contribution in [0.3, 0.4) is 0 Å². The fourth-order valence-corrected chi connectivity index (χ4v) is 5.07. The molecule has 3 amide bonds. The van der Waals surface area contributed by atoms with Gasteiger partial charge in [0.25, 0.3) is 15.9 Å². The van der Waals surface area contributed by atoms with Gasteiger partial charge in [-0.1, -0.05) is 24.3 Å². The van der Waals surface area contributed by atoms with Crippen LogP contribution < -0.4 is 10.1 Å². The summed E-state index contributed by atoms with van der Waals surface area (Å²) in [4.78, 5) is 39.9. The quantitative estimate of drug-likeness (QED) is 0.625. The van der Waals surface area contributed by atoms with Crippen molar-refractivity contribution in [1.82, 2.24) is 14.5 Å². The Labute approximate surface area is 193 Å². The van der Waals surface area contributed by atoms with E-state index in [0.717, 1.165) is 0 Å². The van der Waals surface area contributed by atoms with Crippen molar-refractivity contribution in [3.05, 3.63) is 59.7 Å². The summed E-state index contributed by atoms with van der Waals surface area (Å²) >= 11 is 0. The summed E-state index contributed by atoms with van der Waals surface area (Å²) in [5, 5.41) is 2.76. The fourth-order valence-electron chi connectivity index (χ4n) is 3.56. The topological polar surface area (TPSA) is 113 Å². The number of amides is 3. The number of rotatable bonds is 8. The molecule has 176 valence electrons. The van der Waals surface area contributed by atoms with E-state index >= 15 is 0 Å². The van der Waals surface area contributed by atoms with Crippen molar-refractivity contribution < 1.29 is 27.5 Å². The Morgan fingerprint density at radius 1 is 1.09 bits per heavy atom. The van der Waals surface area contributed by atoms with E-state index in [9.17, 15) is 22.8 Å². The molecule has 3 rings (SSSR count). The number of hydrogen-bond acceptors (Lipinski definition) is 6. The molecule has 2 aromatic rings. The van der Waals surface area contributed by atoms with Gasteiger partial charge in [-0.2, -0.15) is 0 Å². The molecule has 0 radical (unpaired) electrons. The van der Waals surface area contributed by atoms with E-state index in [1.165, 1.54) is 30.2 Å². The Balaban J connectivity index is 1.90. The molecule has 33 heavy (non-hydrogen) atoms. The minimum atomic E-state index is -4.16. The van der Waals surface area contributed by atoms with E-state index < -0.39 is 34.4 Å². The normalized spacial score (nSPS) is 15.2. The van der Waals surface area contributed by atoms with Gasteiger partial charge in [-0.25, -0.2) is 12.7 Å². The minimum absolute atomic E-state index is 0.0234. The maximum Gasteiger partial charge on any atom is 0.269 e. The Bertz CT molecular complexity index is 1180. The van der Waals surface area contributed by atoms with Crippen LogP contribution in [0.5, 0.6) is 5.75 Å². The summed E-state index contributed by atoms with van der Waals surface area (Å²) < 4.78 is 31.6. The van der Waals surface area contributed by atoms with Crippen LogP contribution in [-0.4, -0.2) is 61.1 Å². The number of carbonyl (C=O) groups excluding carboxylic acids is 3. The number of methoxy groups -OCH3 is 1. The maximum atomic E-state index is 13.3. The number of ether oxygens (including phenoxy) is 1. The standard InChI is InChI=1S/C23H27N3O6S/c1-15(2)24-22(28)16(3)25(13-17-8-7-9-18(12-17)32-4)21(27)14-26-23(29)19-10-5-6-11-20(19)33(26,30)31/h5-12,15-16H,13-14H2,1-4H3,(H,24,28)/t16-/m1/s1. The molecule has 0 aliphatic carbocycles. The van der Waals surface area contributed by atoms with Gasteiger partial charge in [-0.3, -0.25) is 14.4 Å². The molecule has 0 unspecified atom stereocenters. The van der Waals surface area contributed by atoms with Gasteiger partial charge in [-0.15, -0.1) is 0 Å². The molecule has 1 aliphatic heterocycles. The van der Waals surface area contributed by atoms with Crippen molar-refractivity contribution in [2.24, 2.45) is 0 Å². The molecule has 1 atom stereocenters. The zero-order valence-corrected chi connectivity index (χ0v) is 19.8. The lowest BCUT2D eigenvalue weighted by molar-refractivity contribution is -0.140. The molecule has 10 heteroatoms. The number of benzene rings is 2. The van der Waals surface area contributed by atoms with Gasteiger partial charge in [0, 0.05) is 12.6 Å². The average molecular weight is 474 g/mol. The van der Waals surface area contributed by atoms with E-state index in [2.05, 4.69) is 5.32 Å². The molecule has 1 heterocycles. The second-order valence-corrected chi connectivity index (χ2v) is 9.86. The van der Waals surface area contributed by atoms with Gasteiger partial charge in [0.05, 0.1) is 12.7 Å². The van der Waals surface area contributed by atoms with Crippen molar-refractivity contribution in [2.45, 2.75) is 44.3 Å². The number of fused-ring (bicyclic) bond motifs is 1. The summed E-state index contributed by atoms with van der Waals surface area (Å²) in [7, 11) is -2.64. The molecule has 9 nitrogen and oxygen atoms in total. The van der Waals surface area contributed by atoms with Crippen LogP contribution in [0.4, 0.5) is 0 Å². The summed E-state index contributed by atoms with van der Waals surface area (Å²) in [5.74, 6) is -1.25. The molecule has 0 aromatic heterocycles. The van der Waals surface area contributed by atoms with Crippen LogP contribution in [0.15, 0.2) is 53.4 Å². The summed E-state index contributed by atoms with van der Waals surface area (Å²) in [5.41, 5.74) is 0.709. The summed E-state index contributed by atoms with van der Waals surface area (Å²) in [6.45, 7) is 4.47. The van der Waals surface area contributed by atoms with Gasteiger partial charge in [0.15, 0.2) is 0 Å². The molecule has 0 spiro atoms. The number of carbonyl (C=O) groups is 3. The Morgan fingerprint density at radius 2 is 1.79 bits per heavy atom. The lowest BCUT2D eigenvalue weighted by Gasteiger charge is -2.30. The lowest BCUT2D eigenvalue weighted by atomic mass is 10.1. The highest BCUT2D eigenvalue weighted by atomic mass is 32.2. The highest BCUT2D eigenvalue weighted by Crippen LogP contribution is 2.30. The zero-order valence-electron chi connectivity index (χ0n) is 18.9. The average Bonchev–Trinajstić information content (AvgIpc) is 2.97. The first kappa shape index (κ1) is 24.2. The van der Waals surface area contributed by atoms with Crippen molar-refractivity contribution >= 4 is 27.7 Å². The third kappa shape index (κ3) is 5.00. The molecule has 0 bridgehead atoms. The number of sulfonamides is 1. The minimum Gasteiger partial charge on any atom is -0.497 e. The predicted octanol–water partition coefficient (Wildman–Crippen LogP) is 1.78.